The Morgan fingerprint density at radius 3 is 2.61 bits per heavy atom. The van der Waals surface area contributed by atoms with Crippen molar-refractivity contribution in [2.24, 2.45) is 11.1 Å². The van der Waals surface area contributed by atoms with E-state index in [1.54, 1.807) is 0 Å². The van der Waals surface area contributed by atoms with Crippen LogP contribution >= 0.6 is 0 Å². The smallest absolute Gasteiger partial charge is 0.248 e. The third kappa shape index (κ3) is 4.84. The van der Waals surface area contributed by atoms with Crippen LogP contribution in [-0.4, -0.2) is 12.5 Å². The van der Waals surface area contributed by atoms with Gasteiger partial charge in [-0.1, -0.05) is 20.8 Å². The maximum Gasteiger partial charge on any atom is 0.248 e. The predicted molar refractivity (Wildman–Crippen MR) is 70.7 cm³/mol. The van der Waals surface area contributed by atoms with Gasteiger partial charge in [0.05, 0.1) is 0 Å². The average Bonchev–Trinajstić information content (AvgIpc) is 2.24. The maximum absolute atomic E-state index is 13.5. The first kappa shape index (κ1) is 14.6. The molecule has 0 atom stereocenters. The summed E-state index contributed by atoms with van der Waals surface area (Å²) >= 11 is 0. The minimum absolute atomic E-state index is 0.251. The summed E-state index contributed by atoms with van der Waals surface area (Å²) in [6.07, 6.45) is 1.00. The van der Waals surface area contributed by atoms with Gasteiger partial charge in [0.15, 0.2) is 0 Å². The Morgan fingerprint density at radius 1 is 1.39 bits per heavy atom. The minimum Gasteiger partial charge on any atom is -0.366 e. The number of carbonyl (C=O) groups is 1. The molecule has 1 amide bonds. The molecule has 0 aliphatic heterocycles. The van der Waals surface area contributed by atoms with Gasteiger partial charge in [0, 0.05) is 17.7 Å². The molecule has 0 saturated carbocycles. The van der Waals surface area contributed by atoms with Gasteiger partial charge < -0.3 is 11.1 Å². The summed E-state index contributed by atoms with van der Waals surface area (Å²) < 4.78 is 13.5. The van der Waals surface area contributed by atoms with E-state index in [-0.39, 0.29) is 11.2 Å². The van der Waals surface area contributed by atoms with Crippen LogP contribution in [0.4, 0.5) is 4.39 Å². The van der Waals surface area contributed by atoms with E-state index in [1.165, 1.54) is 18.2 Å². The number of amides is 1. The summed E-state index contributed by atoms with van der Waals surface area (Å²) in [5.41, 5.74) is 6.22. The van der Waals surface area contributed by atoms with Crippen molar-refractivity contribution in [3.05, 3.63) is 35.1 Å². The number of halogens is 1. The molecule has 100 valence electrons. The van der Waals surface area contributed by atoms with Crippen molar-refractivity contribution in [1.82, 2.24) is 5.32 Å². The monoisotopic (exact) mass is 252 g/mol. The van der Waals surface area contributed by atoms with Crippen LogP contribution in [-0.2, 0) is 6.54 Å². The zero-order chi connectivity index (χ0) is 13.8. The Bertz CT molecular complexity index is 424. The molecule has 1 aromatic rings. The molecule has 0 unspecified atom stereocenters. The van der Waals surface area contributed by atoms with Gasteiger partial charge in [0.2, 0.25) is 5.91 Å². The summed E-state index contributed by atoms with van der Waals surface area (Å²) in [5, 5.41) is 3.17. The van der Waals surface area contributed by atoms with Crippen LogP contribution in [0.25, 0.3) is 0 Å². The van der Waals surface area contributed by atoms with Gasteiger partial charge in [0.25, 0.3) is 0 Å². The quantitative estimate of drug-likeness (QED) is 0.791. The lowest BCUT2D eigenvalue weighted by atomic mass is 9.92. The highest BCUT2D eigenvalue weighted by Gasteiger charge is 2.10. The summed E-state index contributed by atoms with van der Waals surface area (Å²) in [6, 6.07) is 4.18. The molecule has 0 fully saturated rings. The molecule has 3 N–H and O–H groups in total. The zero-order valence-electron chi connectivity index (χ0n) is 11.2. The van der Waals surface area contributed by atoms with Gasteiger partial charge in [-0.05, 0) is 36.6 Å². The van der Waals surface area contributed by atoms with Gasteiger partial charge in [0.1, 0.15) is 5.82 Å². The van der Waals surface area contributed by atoms with E-state index in [4.69, 9.17) is 5.73 Å². The van der Waals surface area contributed by atoms with Crippen LogP contribution in [0.1, 0.15) is 43.1 Å². The maximum atomic E-state index is 13.5. The molecule has 18 heavy (non-hydrogen) atoms. The molecular weight excluding hydrogens is 231 g/mol. The predicted octanol–water partition coefficient (Wildman–Crippen LogP) is 2.45. The first-order valence-corrected chi connectivity index (χ1v) is 6.08. The number of hydrogen-bond acceptors (Lipinski definition) is 2. The molecule has 0 heterocycles. The number of benzene rings is 1. The minimum atomic E-state index is -0.536. The molecule has 0 aromatic heterocycles. The lowest BCUT2D eigenvalue weighted by Crippen LogP contribution is -2.21. The van der Waals surface area contributed by atoms with Gasteiger partial charge >= 0.3 is 0 Å². The van der Waals surface area contributed by atoms with E-state index in [0.29, 0.717) is 17.7 Å². The Kier molecular flexibility index (Phi) is 4.84. The molecule has 1 aromatic carbocycles. The molecule has 0 spiro atoms. The second kappa shape index (κ2) is 5.96. The zero-order valence-corrected chi connectivity index (χ0v) is 11.2. The van der Waals surface area contributed by atoms with Crippen LogP contribution in [0.2, 0.25) is 0 Å². The Balaban J connectivity index is 2.56. The number of primary amides is 1. The summed E-state index contributed by atoms with van der Waals surface area (Å²) in [7, 11) is 0. The number of nitrogens with one attached hydrogen (secondary N) is 1. The van der Waals surface area contributed by atoms with E-state index in [0.717, 1.165) is 13.0 Å². The topological polar surface area (TPSA) is 55.1 Å². The summed E-state index contributed by atoms with van der Waals surface area (Å²) in [4.78, 5) is 11.0. The number of rotatable bonds is 5. The summed E-state index contributed by atoms with van der Waals surface area (Å²) in [5.74, 6) is -0.853. The highest BCUT2D eigenvalue weighted by Crippen LogP contribution is 2.17. The molecule has 0 aliphatic rings. The number of hydrogen-bond donors (Lipinski definition) is 2. The van der Waals surface area contributed by atoms with Gasteiger partial charge in [-0.3, -0.25) is 4.79 Å². The van der Waals surface area contributed by atoms with E-state index in [1.807, 2.05) is 0 Å². The van der Waals surface area contributed by atoms with E-state index >= 15 is 0 Å². The second-order valence-corrected chi connectivity index (χ2v) is 5.66. The lowest BCUT2D eigenvalue weighted by Gasteiger charge is -2.18. The van der Waals surface area contributed by atoms with Crippen molar-refractivity contribution < 1.29 is 9.18 Å². The van der Waals surface area contributed by atoms with Crippen LogP contribution in [0.15, 0.2) is 18.2 Å². The SMILES string of the molecule is CC(C)(C)CCNCc1cc(C(N)=O)ccc1F. The van der Waals surface area contributed by atoms with Crippen LogP contribution < -0.4 is 11.1 Å². The molecule has 0 aliphatic carbocycles. The van der Waals surface area contributed by atoms with Gasteiger partial charge in [-0.15, -0.1) is 0 Å². The third-order valence-corrected chi connectivity index (χ3v) is 2.70. The fourth-order valence-electron chi connectivity index (χ4n) is 1.55. The molecule has 0 saturated heterocycles. The first-order chi connectivity index (χ1) is 8.29. The first-order valence-electron chi connectivity index (χ1n) is 6.08. The highest BCUT2D eigenvalue weighted by atomic mass is 19.1. The van der Waals surface area contributed by atoms with Crippen molar-refractivity contribution >= 4 is 5.91 Å². The standard InChI is InChI=1S/C14H21FN2O/c1-14(2,3)6-7-17-9-11-8-10(13(16)18)4-5-12(11)15/h4-5,8,17H,6-7,9H2,1-3H3,(H2,16,18). The molecular formula is C14H21FN2O. The fourth-order valence-corrected chi connectivity index (χ4v) is 1.55. The Morgan fingerprint density at radius 2 is 2.06 bits per heavy atom. The Labute approximate surface area is 108 Å². The molecule has 3 nitrogen and oxygen atoms in total. The Hall–Kier alpha value is -1.42. The van der Waals surface area contributed by atoms with Crippen LogP contribution in [0.5, 0.6) is 0 Å². The molecule has 1 rings (SSSR count). The van der Waals surface area contributed by atoms with Crippen LogP contribution in [0, 0.1) is 11.2 Å². The highest BCUT2D eigenvalue weighted by molar-refractivity contribution is 5.92. The molecule has 4 heteroatoms. The van der Waals surface area contributed by atoms with E-state index in [9.17, 15) is 9.18 Å². The summed E-state index contributed by atoms with van der Waals surface area (Å²) in [6.45, 7) is 7.68. The molecule has 0 bridgehead atoms. The van der Waals surface area contributed by atoms with Gasteiger partial charge in [-0.2, -0.15) is 0 Å². The van der Waals surface area contributed by atoms with E-state index < -0.39 is 5.91 Å². The largest absolute Gasteiger partial charge is 0.366 e. The fraction of sp³-hybridized carbons (Fsp3) is 0.500. The third-order valence-electron chi connectivity index (χ3n) is 2.70. The molecule has 0 radical (unpaired) electrons. The normalized spacial score (nSPS) is 11.6. The van der Waals surface area contributed by atoms with Crippen molar-refractivity contribution in [3.8, 4) is 0 Å². The van der Waals surface area contributed by atoms with Crippen molar-refractivity contribution in [2.45, 2.75) is 33.7 Å². The van der Waals surface area contributed by atoms with E-state index in [2.05, 4.69) is 26.1 Å². The lowest BCUT2D eigenvalue weighted by molar-refractivity contribution is 0.1000. The second-order valence-electron chi connectivity index (χ2n) is 5.66. The van der Waals surface area contributed by atoms with Crippen molar-refractivity contribution in [3.63, 3.8) is 0 Å². The number of carbonyl (C=O) groups excluding carboxylic acids is 1. The number of nitrogens with two attached hydrogens (primary N) is 1. The van der Waals surface area contributed by atoms with Crippen LogP contribution in [0.3, 0.4) is 0 Å². The average molecular weight is 252 g/mol. The van der Waals surface area contributed by atoms with Gasteiger partial charge in [-0.25, -0.2) is 4.39 Å². The van der Waals surface area contributed by atoms with Crippen molar-refractivity contribution in [2.75, 3.05) is 6.54 Å². The van der Waals surface area contributed by atoms with Crippen molar-refractivity contribution in [1.29, 1.82) is 0 Å².